The fraction of sp³-hybridized carbons (Fsp3) is 0.318. The van der Waals surface area contributed by atoms with Crippen LogP contribution in [0.1, 0.15) is 35.4 Å². The van der Waals surface area contributed by atoms with Crippen LogP contribution < -0.4 is 9.47 Å². The van der Waals surface area contributed by atoms with Crippen molar-refractivity contribution in [2.75, 3.05) is 18.0 Å². The molecular weight excluding hydrogens is 324 g/mol. The summed E-state index contributed by atoms with van der Waals surface area (Å²) in [6.07, 6.45) is 8.48. The van der Waals surface area contributed by atoms with Gasteiger partial charge in [-0.3, -0.25) is 0 Å². The summed E-state index contributed by atoms with van der Waals surface area (Å²) in [5.74, 6) is 0. The van der Waals surface area contributed by atoms with Crippen LogP contribution in [-0.2, 0) is 7.05 Å². The summed E-state index contributed by atoms with van der Waals surface area (Å²) in [6, 6.07) is 15.7. The Bertz CT molecular complexity index is 900. The molecule has 0 saturated carbocycles. The maximum atomic E-state index is 2.51. The number of hydrogen-bond acceptors (Lipinski definition) is 2. The monoisotopic (exact) mass is 349 g/mol. The van der Waals surface area contributed by atoms with E-state index in [1.807, 2.05) is 11.3 Å². The molecule has 0 bridgehead atoms. The van der Waals surface area contributed by atoms with Gasteiger partial charge in [-0.15, -0.1) is 0 Å². The lowest BCUT2D eigenvalue weighted by Gasteiger charge is -2.28. The molecule has 2 aromatic carbocycles. The van der Waals surface area contributed by atoms with Crippen molar-refractivity contribution in [2.24, 2.45) is 7.05 Å². The summed E-state index contributed by atoms with van der Waals surface area (Å²) >= 11 is 1.85. The van der Waals surface area contributed by atoms with Crippen molar-refractivity contribution < 1.29 is 4.57 Å². The fourth-order valence-corrected chi connectivity index (χ4v) is 4.69. The molecule has 4 rings (SSSR count). The third-order valence-electron chi connectivity index (χ3n) is 5.05. The van der Waals surface area contributed by atoms with Crippen LogP contribution in [0.15, 0.2) is 42.5 Å². The minimum absolute atomic E-state index is 1.20. The van der Waals surface area contributed by atoms with Crippen LogP contribution in [0.25, 0.3) is 22.4 Å². The van der Waals surface area contributed by atoms with E-state index >= 15 is 0 Å². The molecule has 25 heavy (non-hydrogen) atoms. The summed E-state index contributed by atoms with van der Waals surface area (Å²) in [7, 11) is 2.15. The Morgan fingerprint density at radius 2 is 1.72 bits per heavy atom. The van der Waals surface area contributed by atoms with Gasteiger partial charge in [0.2, 0.25) is 5.52 Å². The number of piperidine rings is 1. The molecule has 0 amide bonds. The van der Waals surface area contributed by atoms with E-state index in [2.05, 4.69) is 78.1 Å². The second-order valence-corrected chi connectivity index (χ2v) is 8.01. The average molecular weight is 350 g/mol. The molecule has 1 aliphatic rings. The minimum atomic E-state index is 1.20. The van der Waals surface area contributed by atoms with Gasteiger partial charge in [0.25, 0.3) is 5.01 Å². The van der Waals surface area contributed by atoms with E-state index in [1.165, 1.54) is 64.4 Å². The van der Waals surface area contributed by atoms with Gasteiger partial charge >= 0.3 is 0 Å². The first-order valence-corrected chi connectivity index (χ1v) is 9.95. The number of benzene rings is 2. The molecule has 1 aliphatic heterocycles. The third kappa shape index (κ3) is 3.47. The highest BCUT2D eigenvalue weighted by Crippen LogP contribution is 2.24. The van der Waals surface area contributed by atoms with E-state index in [1.54, 1.807) is 0 Å². The van der Waals surface area contributed by atoms with Crippen LogP contribution in [0.3, 0.4) is 0 Å². The number of aromatic nitrogens is 1. The topological polar surface area (TPSA) is 7.12 Å². The van der Waals surface area contributed by atoms with Gasteiger partial charge < -0.3 is 4.90 Å². The van der Waals surface area contributed by atoms with Crippen LogP contribution in [0.5, 0.6) is 0 Å². The SMILES string of the molecule is Cc1ccc2c(c1)sc(C=Cc1ccc(N3CCCCC3)cc1)[n+]2C. The molecule has 1 aromatic heterocycles. The molecule has 1 saturated heterocycles. The first-order chi connectivity index (χ1) is 12.2. The zero-order valence-electron chi connectivity index (χ0n) is 15.0. The molecule has 0 aliphatic carbocycles. The molecule has 128 valence electrons. The van der Waals surface area contributed by atoms with Crippen molar-refractivity contribution in [1.29, 1.82) is 0 Å². The van der Waals surface area contributed by atoms with Gasteiger partial charge in [0.15, 0.2) is 0 Å². The molecule has 0 unspecified atom stereocenters. The summed E-state index contributed by atoms with van der Waals surface area (Å²) in [5, 5.41) is 1.28. The molecular formula is C22H25N2S+. The van der Waals surface area contributed by atoms with E-state index in [0.29, 0.717) is 0 Å². The molecule has 3 aromatic rings. The van der Waals surface area contributed by atoms with E-state index in [0.717, 1.165) is 0 Å². The average Bonchev–Trinajstić information content (AvgIpc) is 2.96. The second-order valence-electron chi connectivity index (χ2n) is 6.94. The zero-order chi connectivity index (χ0) is 17.2. The van der Waals surface area contributed by atoms with E-state index in [9.17, 15) is 0 Å². The largest absolute Gasteiger partial charge is 0.372 e. The van der Waals surface area contributed by atoms with Crippen molar-refractivity contribution in [3.05, 3.63) is 58.6 Å². The normalized spacial score (nSPS) is 15.4. The van der Waals surface area contributed by atoms with Gasteiger partial charge in [0.1, 0.15) is 11.7 Å². The number of thiazole rings is 1. The van der Waals surface area contributed by atoms with Crippen molar-refractivity contribution in [1.82, 2.24) is 0 Å². The number of aryl methyl sites for hydroxylation is 2. The number of nitrogens with zero attached hydrogens (tertiary/aromatic N) is 2. The second kappa shape index (κ2) is 7.01. The molecule has 2 heterocycles. The fourth-order valence-electron chi connectivity index (χ4n) is 3.54. The van der Waals surface area contributed by atoms with Gasteiger partial charge in [-0.2, -0.15) is 4.57 Å². The Morgan fingerprint density at radius 1 is 0.960 bits per heavy atom. The van der Waals surface area contributed by atoms with Gasteiger partial charge in [0.05, 0.1) is 0 Å². The first-order valence-electron chi connectivity index (χ1n) is 9.13. The molecule has 3 heteroatoms. The lowest BCUT2D eigenvalue weighted by atomic mass is 10.1. The van der Waals surface area contributed by atoms with Gasteiger partial charge in [-0.05, 0) is 61.6 Å². The maximum absolute atomic E-state index is 2.51. The highest BCUT2D eigenvalue weighted by atomic mass is 32.1. The molecule has 2 nitrogen and oxygen atoms in total. The van der Waals surface area contributed by atoms with Crippen LogP contribution in [0.4, 0.5) is 5.69 Å². The Morgan fingerprint density at radius 3 is 2.48 bits per heavy atom. The molecule has 0 atom stereocenters. The summed E-state index contributed by atoms with van der Waals surface area (Å²) in [5.41, 5.74) is 5.24. The summed E-state index contributed by atoms with van der Waals surface area (Å²) in [6.45, 7) is 4.55. The predicted molar refractivity (Wildman–Crippen MR) is 109 cm³/mol. The zero-order valence-corrected chi connectivity index (χ0v) is 15.9. The lowest BCUT2D eigenvalue weighted by molar-refractivity contribution is -0.642. The van der Waals surface area contributed by atoms with Gasteiger partial charge in [-0.1, -0.05) is 29.5 Å². The van der Waals surface area contributed by atoms with Crippen molar-refractivity contribution in [2.45, 2.75) is 26.2 Å². The van der Waals surface area contributed by atoms with Gasteiger partial charge in [0, 0.05) is 30.9 Å². The maximum Gasteiger partial charge on any atom is 0.262 e. The van der Waals surface area contributed by atoms with E-state index < -0.39 is 0 Å². The van der Waals surface area contributed by atoms with Crippen LogP contribution in [0.2, 0.25) is 0 Å². The molecule has 0 N–H and O–H groups in total. The Kier molecular flexibility index (Phi) is 4.58. The first kappa shape index (κ1) is 16.3. The highest BCUT2D eigenvalue weighted by Gasteiger charge is 2.14. The predicted octanol–water partition coefficient (Wildman–Crippen LogP) is 5.19. The van der Waals surface area contributed by atoms with Crippen LogP contribution in [-0.4, -0.2) is 13.1 Å². The Labute approximate surface area is 154 Å². The van der Waals surface area contributed by atoms with E-state index in [4.69, 9.17) is 0 Å². The van der Waals surface area contributed by atoms with Crippen molar-refractivity contribution in [3.63, 3.8) is 0 Å². The van der Waals surface area contributed by atoms with E-state index in [-0.39, 0.29) is 0 Å². The number of fused-ring (bicyclic) bond motifs is 1. The van der Waals surface area contributed by atoms with Gasteiger partial charge in [-0.25, -0.2) is 0 Å². The summed E-state index contributed by atoms with van der Waals surface area (Å²) < 4.78 is 3.63. The Hall–Kier alpha value is -2.13. The van der Waals surface area contributed by atoms with Crippen molar-refractivity contribution in [3.8, 4) is 0 Å². The number of anilines is 1. The highest BCUT2D eigenvalue weighted by molar-refractivity contribution is 7.18. The number of rotatable bonds is 3. The Balaban J connectivity index is 1.54. The van der Waals surface area contributed by atoms with Crippen LogP contribution >= 0.6 is 11.3 Å². The standard InChI is InChI=1S/C22H25N2S/c1-17-6-12-20-21(16-17)25-22(23(20)2)13-9-18-7-10-19(11-8-18)24-14-4-3-5-15-24/h6-13,16H,3-5,14-15H2,1-2H3/q+1. The van der Waals surface area contributed by atoms with Crippen molar-refractivity contribution >= 4 is 39.4 Å². The summed E-state index contributed by atoms with van der Waals surface area (Å²) in [4.78, 5) is 2.51. The minimum Gasteiger partial charge on any atom is -0.372 e. The van der Waals surface area contributed by atoms with Crippen LogP contribution in [0, 0.1) is 6.92 Å². The molecule has 1 fully saturated rings. The smallest absolute Gasteiger partial charge is 0.262 e. The number of hydrogen-bond donors (Lipinski definition) is 0. The lowest BCUT2D eigenvalue weighted by Crippen LogP contribution is -2.29. The quantitative estimate of drug-likeness (QED) is 0.590. The third-order valence-corrected chi connectivity index (χ3v) is 6.22. The molecule has 0 spiro atoms. The molecule has 0 radical (unpaired) electrons.